The van der Waals surface area contributed by atoms with Crippen LogP contribution < -0.4 is 0 Å². The third kappa shape index (κ3) is 1.44. The highest BCUT2D eigenvalue weighted by Crippen LogP contribution is 2.34. The molecule has 0 amide bonds. The van der Waals surface area contributed by atoms with Gasteiger partial charge in [0.15, 0.2) is 0 Å². The molecule has 1 N–H and O–H groups in total. The summed E-state index contributed by atoms with van der Waals surface area (Å²) in [7, 11) is 0. The Kier molecular flexibility index (Phi) is 2.03. The molecule has 0 bridgehead atoms. The van der Waals surface area contributed by atoms with Crippen LogP contribution in [0.1, 0.15) is 31.0 Å². The first-order chi connectivity index (χ1) is 6.18. The van der Waals surface area contributed by atoms with E-state index in [4.69, 9.17) is 5.11 Å². The van der Waals surface area contributed by atoms with Crippen LogP contribution in [0.3, 0.4) is 0 Å². The molecule has 0 radical (unpaired) electrons. The largest absolute Gasteiger partial charge is 0.393 e. The SMILES string of the molecule is OC1CC(n2nccc2C(F)F)C1. The number of halogens is 2. The van der Waals surface area contributed by atoms with Gasteiger partial charge in [-0.15, -0.1) is 0 Å². The number of aliphatic hydroxyl groups excluding tert-OH is 1. The molecule has 1 aromatic rings. The summed E-state index contributed by atoms with van der Waals surface area (Å²) >= 11 is 0. The van der Waals surface area contributed by atoms with E-state index in [0.29, 0.717) is 12.8 Å². The fourth-order valence-electron chi connectivity index (χ4n) is 1.56. The number of hydrogen-bond donors (Lipinski definition) is 1. The van der Waals surface area contributed by atoms with Crippen LogP contribution in [-0.2, 0) is 0 Å². The average molecular weight is 188 g/mol. The highest BCUT2D eigenvalue weighted by molar-refractivity contribution is 5.05. The van der Waals surface area contributed by atoms with Crippen LogP contribution in [0.25, 0.3) is 0 Å². The Labute approximate surface area is 74.0 Å². The molecule has 0 aromatic carbocycles. The zero-order valence-corrected chi connectivity index (χ0v) is 6.90. The molecule has 1 aromatic heterocycles. The lowest BCUT2D eigenvalue weighted by Gasteiger charge is -2.32. The predicted octanol–water partition coefficient (Wildman–Crippen LogP) is 1.52. The Hall–Kier alpha value is -0.970. The summed E-state index contributed by atoms with van der Waals surface area (Å²) < 4.78 is 26.0. The Balaban J connectivity index is 2.16. The van der Waals surface area contributed by atoms with Crippen LogP contribution in [0.5, 0.6) is 0 Å². The molecule has 1 heterocycles. The van der Waals surface area contributed by atoms with Gasteiger partial charge in [0.2, 0.25) is 0 Å². The minimum atomic E-state index is -2.49. The van der Waals surface area contributed by atoms with Crippen molar-refractivity contribution in [2.45, 2.75) is 31.4 Å². The maximum absolute atomic E-state index is 12.4. The molecule has 0 atom stereocenters. The molecule has 1 aliphatic carbocycles. The van der Waals surface area contributed by atoms with Gasteiger partial charge in [-0.05, 0) is 18.9 Å². The summed E-state index contributed by atoms with van der Waals surface area (Å²) in [4.78, 5) is 0. The van der Waals surface area contributed by atoms with E-state index < -0.39 is 6.43 Å². The van der Waals surface area contributed by atoms with Crippen LogP contribution >= 0.6 is 0 Å². The lowest BCUT2D eigenvalue weighted by atomic mass is 9.89. The van der Waals surface area contributed by atoms with Gasteiger partial charge in [-0.25, -0.2) is 8.78 Å². The first kappa shape index (κ1) is 8.62. The molecule has 1 aliphatic rings. The monoisotopic (exact) mass is 188 g/mol. The lowest BCUT2D eigenvalue weighted by Crippen LogP contribution is -2.32. The van der Waals surface area contributed by atoms with Crippen molar-refractivity contribution in [3.05, 3.63) is 18.0 Å². The Morgan fingerprint density at radius 3 is 2.77 bits per heavy atom. The van der Waals surface area contributed by atoms with Crippen molar-refractivity contribution in [2.24, 2.45) is 0 Å². The second kappa shape index (κ2) is 3.06. The molecule has 1 saturated carbocycles. The molecule has 0 unspecified atom stereocenters. The van der Waals surface area contributed by atoms with Gasteiger partial charge in [-0.3, -0.25) is 4.68 Å². The van der Waals surface area contributed by atoms with Crippen molar-refractivity contribution >= 4 is 0 Å². The summed E-state index contributed by atoms with van der Waals surface area (Å²) in [6, 6.07) is 1.27. The summed E-state index contributed by atoms with van der Waals surface area (Å²) in [5, 5.41) is 12.8. The topological polar surface area (TPSA) is 38.0 Å². The second-order valence-corrected chi connectivity index (χ2v) is 3.28. The summed E-state index contributed by atoms with van der Waals surface area (Å²) in [6.45, 7) is 0. The van der Waals surface area contributed by atoms with Crippen molar-refractivity contribution in [3.8, 4) is 0 Å². The first-order valence-corrected chi connectivity index (χ1v) is 4.18. The van der Waals surface area contributed by atoms with Gasteiger partial charge in [0.25, 0.3) is 6.43 Å². The van der Waals surface area contributed by atoms with Crippen molar-refractivity contribution < 1.29 is 13.9 Å². The average Bonchev–Trinajstić information content (AvgIpc) is 2.45. The second-order valence-electron chi connectivity index (χ2n) is 3.28. The van der Waals surface area contributed by atoms with Crippen LogP contribution in [-0.4, -0.2) is 21.0 Å². The van der Waals surface area contributed by atoms with Gasteiger partial charge in [-0.2, -0.15) is 5.10 Å². The highest BCUT2D eigenvalue weighted by atomic mass is 19.3. The molecule has 0 aliphatic heterocycles. The molecule has 13 heavy (non-hydrogen) atoms. The van der Waals surface area contributed by atoms with Gasteiger partial charge in [-0.1, -0.05) is 0 Å². The van der Waals surface area contributed by atoms with Gasteiger partial charge in [0, 0.05) is 6.20 Å². The van der Waals surface area contributed by atoms with Crippen LogP contribution in [0.4, 0.5) is 8.78 Å². The lowest BCUT2D eigenvalue weighted by molar-refractivity contribution is 0.0355. The van der Waals surface area contributed by atoms with Crippen LogP contribution in [0.15, 0.2) is 12.3 Å². The van der Waals surface area contributed by atoms with E-state index in [-0.39, 0.29) is 17.8 Å². The normalized spacial score (nSPS) is 27.7. The van der Waals surface area contributed by atoms with Gasteiger partial charge >= 0.3 is 0 Å². The molecule has 1 fully saturated rings. The smallest absolute Gasteiger partial charge is 0.280 e. The van der Waals surface area contributed by atoms with E-state index in [1.165, 1.54) is 16.9 Å². The number of hydrogen-bond acceptors (Lipinski definition) is 2. The van der Waals surface area contributed by atoms with Gasteiger partial charge in [0.1, 0.15) is 5.69 Å². The van der Waals surface area contributed by atoms with Gasteiger partial charge in [0.05, 0.1) is 12.1 Å². The maximum Gasteiger partial charge on any atom is 0.280 e. The van der Waals surface area contributed by atoms with Crippen LogP contribution in [0.2, 0.25) is 0 Å². The Bertz CT molecular complexity index is 294. The number of rotatable bonds is 2. The maximum atomic E-state index is 12.4. The minimum Gasteiger partial charge on any atom is -0.393 e. The fourth-order valence-corrected chi connectivity index (χ4v) is 1.56. The summed E-state index contributed by atoms with van der Waals surface area (Å²) in [6.07, 6.45) is -0.408. The Morgan fingerprint density at radius 1 is 1.54 bits per heavy atom. The molecular weight excluding hydrogens is 178 g/mol. The summed E-state index contributed by atoms with van der Waals surface area (Å²) in [5.74, 6) is 0. The molecule has 2 rings (SSSR count). The molecule has 0 spiro atoms. The standard InChI is InChI=1S/C8H10F2N2O/c9-8(10)7-1-2-11-12(7)5-3-6(13)4-5/h1-2,5-6,8,13H,3-4H2. The third-order valence-electron chi connectivity index (χ3n) is 2.36. The van der Waals surface area contributed by atoms with E-state index in [2.05, 4.69) is 5.10 Å². The van der Waals surface area contributed by atoms with E-state index in [1.807, 2.05) is 0 Å². The van der Waals surface area contributed by atoms with E-state index in [1.54, 1.807) is 0 Å². The molecular formula is C8H10F2N2O. The summed E-state index contributed by atoms with van der Waals surface area (Å²) in [5.41, 5.74) is -0.0584. The zero-order chi connectivity index (χ0) is 9.42. The number of nitrogens with zero attached hydrogens (tertiary/aromatic N) is 2. The molecule has 5 heteroatoms. The molecule has 0 saturated heterocycles. The third-order valence-corrected chi connectivity index (χ3v) is 2.36. The van der Waals surface area contributed by atoms with E-state index in [0.717, 1.165) is 0 Å². The molecule has 72 valence electrons. The van der Waals surface area contributed by atoms with E-state index in [9.17, 15) is 8.78 Å². The van der Waals surface area contributed by atoms with Crippen molar-refractivity contribution in [3.63, 3.8) is 0 Å². The Morgan fingerprint density at radius 2 is 2.23 bits per heavy atom. The number of alkyl halides is 2. The first-order valence-electron chi connectivity index (χ1n) is 4.18. The van der Waals surface area contributed by atoms with Crippen molar-refractivity contribution in [1.29, 1.82) is 0 Å². The minimum absolute atomic E-state index is 0.0472. The van der Waals surface area contributed by atoms with Crippen LogP contribution in [0, 0.1) is 0 Å². The fraction of sp³-hybridized carbons (Fsp3) is 0.625. The zero-order valence-electron chi connectivity index (χ0n) is 6.90. The number of aliphatic hydroxyl groups is 1. The van der Waals surface area contributed by atoms with Crippen molar-refractivity contribution in [2.75, 3.05) is 0 Å². The van der Waals surface area contributed by atoms with E-state index >= 15 is 0 Å². The quantitative estimate of drug-likeness (QED) is 0.764. The molecule has 3 nitrogen and oxygen atoms in total. The van der Waals surface area contributed by atoms with Gasteiger partial charge < -0.3 is 5.11 Å². The van der Waals surface area contributed by atoms with Crippen molar-refractivity contribution in [1.82, 2.24) is 9.78 Å². The predicted molar refractivity (Wildman–Crippen MR) is 41.5 cm³/mol. The highest BCUT2D eigenvalue weighted by Gasteiger charge is 2.31. The number of aromatic nitrogens is 2.